The second-order valence-corrected chi connectivity index (χ2v) is 5.40. The van der Waals surface area contributed by atoms with Crippen LogP contribution in [0.4, 0.5) is 11.5 Å². The summed E-state index contributed by atoms with van der Waals surface area (Å²) in [7, 11) is 0. The summed E-state index contributed by atoms with van der Waals surface area (Å²) in [5, 5.41) is 21.0. The summed E-state index contributed by atoms with van der Waals surface area (Å²) in [4.78, 5) is 28.4. The third-order valence-electron chi connectivity index (χ3n) is 4.10. The highest BCUT2D eigenvalue weighted by Crippen LogP contribution is 2.41. The second-order valence-electron chi connectivity index (χ2n) is 5.40. The Hall–Kier alpha value is -2.18. The number of carbonyl (C=O) groups is 1. The fourth-order valence-corrected chi connectivity index (χ4v) is 3.15. The van der Waals surface area contributed by atoms with E-state index in [2.05, 4.69) is 4.98 Å². The lowest BCUT2D eigenvalue weighted by Gasteiger charge is -2.35. The highest BCUT2D eigenvalue weighted by atomic mass is 16.6. The number of carboxylic acid groups (broad SMARTS) is 1. The Morgan fingerprint density at radius 2 is 2.33 bits per heavy atom. The molecule has 0 spiro atoms. The van der Waals surface area contributed by atoms with Crippen LogP contribution in [0.25, 0.3) is 0 Å². The Kier molecular flexibility index (Phi) is 4.11. The topological polar surface area (TPSA) is 96.6 Å². The second kappa shape index (κ2) is 5.67. The van der Waals surface area contributed by atoms with E-state index in [1.807, 2.05) is 6.92 Å². The van der Waals surface area contributed by atoms with Crippen LogP contribution in [0, 0.1) is 17.0 Å². The molecule has 0 saturated carbocycles. The van der Waals surface area contributed by atoms with Gasteiger partial charge in [0.15, 0.2) is 0 Å². The van der Waals surface area contributed by atoms with Crippen molar-refractivity contribution in [1.82, 2.24) is 4.98 Å². The predicted molar refractivity (Wildman–Crippen MR) is 77.5 cm³/mol. The zero-order valence-corrected chi connectivity index (χ0v) is 12.2. The molecule has 1 N–H and O–H groups in total. The van der Waals surface area contributed by atoms with Gasteiger partial charge in [0.1, 0.15) is 5.54 Å². The number of pyridine rings is 1. The fourth-order valence-electron chi connectivity index (χ4n) is 3.15. The number of hydrogen-bond acceptors (Lipinski definition) is 5. The third kappa shape index (κ3) is 2.43. The molecule has 2 rings (SSSR count). The maximum absolute atomic E-state index is 11.8. The van der Waals surface area contributed by atoms with E-state index in [9.17, 15) is 20.0 Å². The number of aryl methyl sites for hydroxylation is 1. The summed E-state index contributed by atoms with van der Waals surface area (Å²) in [6.45, 7) is 4.03. The highest BCUT2D eigenvalue weighted by Gasteiger charge is 2.49. The molecule has 1 aliphatic rings. The van der Waals surface area contributed by atoms with Crippen molar-refractivity contribution in [3.63, 3.8) is 0 Å². The molecule has 1 atom stereocenters. The molecule has 1 aromatic rings. The Balaban J connectivity index is 2.57. The van der Waals surface area contributed by atoms with Crippen LogP contribution in [-0.2, 0) is 4.79 Å². The monoisotopic (exact) mass is 293 g/mol. The van der Waals surface area contributed by atoms with Gasteiger partial charge in [-0.1, -0.05) is 13.3 Å². The van der Waals surface area contributed by atoms with Crippen molar-refractivity contribution < 1.29 is 14.8 Å². The van der Waals surface area contributed by atoms with E-state index in [1.165, 1.54) is 6.20 Å². The van der Waals surface area contributed by atoms with Gasteiger partial charge >= 0.3 is 11.7 Å². The van der Waals surface area contributed by atoms with Gasteiger partial charge in [0, 0.05) is 18.3 Å². The average molecular weight is 293 g/mol. The molecular formula is C14H19N3O4. The van der Waals surface area contributed by atoms with Gasteiger partial charge in [0.2, 0.25) is 5.82 Å². The van der Waals surface area contributed by atoms with Gasteiger partial charge < -0.3 is 10.0 Å². The highest BCUT2D eigenvalue weighted by molar-refractivity contribution is 5.85. The molecule has 21 heavy (non-hydrogen) atoms. The summed E-state index contributed by atoms with van der Waals surface area (Å²) in [6, 6.07) is 1.57. The minimum absolute atomic E-state index is 0.0962. The van der Waals surface area contributed by atoms with Crippen molar-refractivity contribution >= 4 is 17.5 Å². The first-order valence-electron chi connectivity index (χ1n) is 7.05. The summed E-state index contributed by atoms with van der Waals surface area (Å²) in [5.74, 6) is -0.757. The van der Waals surface area contributed by atoms with E-state index in [1.54, 1.807) is 17.9 Å². The number of aliphatic carboxylic acids is 1. The van der Waals surface area contributed by atoms with Crippen molar-refractivity contribution in [3.05, 3.63) is 27.9 Å². The van der Waals surface area contributed by atoms with E-state index < -0.39 is 16.4 Å². The number of rotatable bonds is 5. The van der Waals surface area contributed by atoms with Crippen LogP contribution in [0.1, 0.15) is 38.2 Å². The van der Waals surface area contributed by atoms with Gasteiger partial charge in [-0.15, -0.1) is 0 Å². The smallest absolute Gasteiger partial charge is 0.329 e. The van der Waals surface area contributed by atoms with Crippen LogP contribution in [0.15, 0.2) is 12.3 Å². The predicted octanol–water partition coefficient (Wildman–Crippen LogP) is 2.52. The normalized spacial score (nSPS) is 21.5. The van der Waals surface area contributed by atoms with Crippen molar-refractivity contribution in [2.24, 2.45) is 0 Å². The molecule has 0 aromatic carbocycles. The lowest BCUT2D eigenvalue weighted by Crippen LogP contribution is -2.51. The number of anilines is 1. The van der Waals surface area contributed by atoms with Crippen molar-refractivity contribution in [3.8, 4) is 0 Å². The quantitative estimate of drug-likeness (QED) is 0.662. The van der Waals surface area contributed by atoms with Crippen LogP contribution in [0.2, 0.25) is 0 Å². The molecule has 0 bridgehead atoms. The van der Waals surface area contributed by atoms with Crippen LogP contribution in [0.5, 0.6) is 0 Å². The first kappa shape index (κ1) is 15.2. The maximum Gasteiger partial charge on any atom is 0.329 e. The van der Waals surface area contributed by atoms with Crippen LogP contribution in [-0.4, -0.2) is 33.1 Å². The average Bonchev–Trinajstić information content (AvgIpc) is 2.83. The molecule has 114 valence electrons. The minimum Gasteiger partial charge on any atom is -0.479 e. The van der Waals surface area contributed by atoms with Gasteiger partial charge in [-0.05, 0) is 32.3 Å². The standard InChI is InChI=1S/C14H19N3O4/c1-3-6-14(13(18)19)7-4-9-16(14)12-11(17(20)21)10(2)5-8-15-12/h5,8H,3-4,6-7,9H2,1-2H3,(H,18,19). The molecule has 1 unspecified atom stereocenters. The van der Waals surface area contributed by atoms with Gasteiger partial charge in [-0.25, -0.2) is 9.78 Å². The molecule has 0 amide bonds. The summed E-state index contributed by atoms with van der Waals surface area (Å²) in [6.07, 6.45) is 3.83. The first-order chi connectivity index (χ1) is 9.94. The summed E-state index contributed by atoms with van der Waals surface area (Å²) < 4.78 is 0. The molecule has 7 nitrogen and oxygen atoms in total. The molecule has 2 heterocycles. The first-order valence-corrected chi connectivity index (χ1v) is 7.05. The molecular weight excluding hydrogens is 274 g/mol. The Morgan fingerprint density at radius 1 is 1.62 bits per heavy atom. The molecule has 1 aliphatic heterocycles. The van der Waals surface area contributed by atoms with Crippen LogP contribution >= 0.6 is 0 Å². The Bertz CT molecular complexity index is 575. The van der Waals surface area contributed by atoms with E-state index in [0.29, 0.717) is 37.8 Å². The summed E-state index contributed by atoms with van der Waals surface area (Å²) in [5.41, 5.74) is -0.686. The molecule has 0 aliphatic carbocycles. The van der Waals surface area contributed by atoms with Crippen LogP contribution < -0.4 is 4.90 Å². The fraction of sp³-hybridized carbons (Fsp3) is 0.571. The number of nitrogens with zero attached hydrogens (tertiary/aromatic N) is 3. The van der Waals surface area contributed by atoms with Crippen LogP contribution in [0.3, 0.4) is 0 Å². The van der Waals surface area contributed by atoms with E-state index >= 15 is 0 Å². The van der Waals surface area contributed by atoms with Crippen molar-refractivity contribution in [2.45, 2.75) is 45.1 Å². The van der Waals surface area contributed by atoms with Gasteiger partial charge in [-0.2, -0.15) is 0 Å². The molecule has 1 fully saturated rings. The largest absolute Gasteiger partial charge is 0.479 e. The minimum atomic E-state index is -1.08. The Morgan fingerprint density at radius 3 is 2.90 bits per heavy atom. The molecule has 1 saturated heterocycles. The van der Waals surface area contributed by atoms with Gasteiger partial charge in [0.25, 0.3) is 0 Å². The maximum atomic E-state index is 11.8. The summed E-state index contributed by atoms with van der Waals surface area (Å²) >= 11 is 0. The zero-order chi connectivity index (χ0) is 15.6. The number of carboxylic acids is 1. The number of nitro groups is 1. The molecule has 0 radical (unpaired) electrons. The van der Waals surface area contributed by atoms with Gasteiger partial charge in [0.05, 0.1) is 4.92 Å². The molecule has 1 aromatic heterocycles. The molecule has 7 heteroatoms. The van der Waals surface area contributed by atoms with E-state index in [4.69, 9.17) is 0 Å². The number of hydrogen-bond donors (Lipinski definition) is 1. The SMILES string of the molecule is CCCC1(C(=O)O)CCCN1c1nccc(C)c1[N+](=O)[O-]. The third-order valence-corrected chi connectivity index (χ3v) is 4.10. The lowest BCUT2D eigenvalue weighted by molar-refractivity contribution is -0.384. The lowest BCUT2D eigenvalue weighted by atomic mass is 9.90. The van der Waals surface area contributed by atoms with E-state index in [-0.39, 0.29) is 11.5 Å². The van der Waals surface area contributed by atoms with Gasteiger partial charge in [-0.3, -0.25) is 10.1 Å². The number of aromatic nitrogens is 1. The van der Waals surface area contributed by atoms with Crippen molar-refractivity contribution in [2.75, 3.05) is 11.4 Å². The van der Waals surface area contributed by atoms with E-state index in [0.717, 1.165) is 0 Å². The zero-order valence-electron chi connectivity index (χ0n) is 12.2. The Labute approximate surface area is 122 Å². The van der Waals surface area contributed by atoms with Crippen molar-refractivity contribution in [1.29, 1.82) is 0 Å².